The summed E-state index contributed by atoms with van der Waals surface area (Å²) < 4.78 is 0. The van der Waals surface area contributed by atoms with E-state index in [0.717, 1.165) is 6.54 Å². The van der Waals surface area contributed by atoms with Crippen LogP contribution in [0.3, 0.4) is 0 Å². The predicted molar refractivity (Wildman–Crippen MR) is 58.9 cm³/mol. The first-order chi connectivity index (χ1) is 7.34. The van der Waals surface area contributed by atoms with Gasteiger partial charge in [0, 0.05) is 18.3 Å². The van der Waals surface area contributed by atoms with Gasteiger partial charge in [-0.25, -0.2) is 0 Å². The van der Waals surface area contributed by atoms with Gasteiger partial charge < -0.3 is 10.0 Å². The van der Waals surface area contributed by atoms with Crippen LogP contribution in [-0.2, 0) is 0 Å². The first kappa shape index (κ1) is 9.37. The second-order valence-corrected chi connectivity index (χ2v) is 4.95. The number of piperidine rings is 3. The van der Waals surface area contributed by atoms with Gasteiger partial charge >= 0.3 is 0 Å². The average molecular weight is 204 g/mol. The van der Waals surface area contributed by atoms with Crippen LogP contribution in [0, 0.1) is 5.92 Å². The van der Waals surface area contributed by atoms with Gasteiger partial charge in [-0.05, 0) is 5.56 Å². The number of fused-ring (bicyclic) bond motifs is 3. The molecule has 2 N–H and O–H groups in total. The molecular weight excluding hydrogens is 186 g/mol. The van der Waals surface area contributed by atoms with Crippen LogP contribution >= 0.6 is 0 Å². The third kappa shape index (κ3) is 1.58. The summed E-state index contributed by atoms with van der Waals surface area (Å²) in [7, 11) is 0. The Morgan fingerprint density at radius 3 is 2.60 bits per heavy atom. The number of aliphatic hydroxyl groups is 1. The molecule has 0 saturated carbocycles. The standard InChI is InChI=1S/C13H17NO/c15-13-9-14-7-6-11(13)12(8-14)10-4-2-1-3-5-10/h1-5,11-13,15H,6-9H2/p+1/t11-,12+,13-/m1/s1. The lowest BCUT2D eigenvalue weighted by Crippen LogP contribution is -3.17. The second kappa shape index (κ2) is 3.62. The van der Waals surface area contributed by atoms with Crippen LogP contribution in [0.2, 0.25) is 0 Å². The van der Waals surface area contributed by atoms with E-state index in [-0.39, 0.29) is 6.10 Å². The van der Waals surface area contributed by atoms with E-state index in [1.165, 1.54) is 25.1 Å². The lowest BCUT2D eigenvalue weighted by atomic mass is 9.74. The van der Waals surface area contributed by atoms with Crippen molar-refractivity contribution in [1.29, 1.82) is 0 Å². The largest absolute Gasteiger partial charge is 0.387 e. The third-order valence-corrected chi connectivity index (χ3v) is 4.08. The Morgan fingerprint density at radius 1 is 1.13 bits per heavy atom. The van der Waals surface area contributed by atoms with Gasteiger partial charge in [-0.15, -0.1) is 0 Å². The lowest BCUT2D eigenvalue weighted by Gasteiger charge is -2.45. The maximum Gasteiger partial charge on any atom is 0.107 e. The van der Waals surface area contributed by atoms with Crippen molar-refractivity contribution in [2.24, 2.45) is 5.92 Å². The smallest absolute Gasteiger partial charge is 0.107 e. The molecule has 2 nitrogen and oxygen atoms in total. The first-order valence-electron chi connectivity index (χ1n) is 5.91. The normalized spacial score (nSPS) is 39.3. The van der Waals surface area contributed by atoms with E-state index < -0.39 is 0 Å². The first-order valence-corrected chi connectivity index (χ1v) is 5.91. The number of quaternary nitrogens is 1. The molecular formula is C13H18NO+. The lowest BCUT2D eigenvalue weighted by molar-refractivity contribution is -0.922. The van der Waals surface area contributed by atoms with Crippen LogP contribution in [0.5, 0.6) is 0 Å². The minimum absolute atomic E-state index is 0.0762. The Kier molecular flexibility index (Phi) is 2.26. The Morgan fingerprint density at radius 2 is 1.93 bits per heavy atom. The molecule has 15 heavy (non-hydrogen) atoms. The quantitative estimate of drug-likeness (QED) is 0.664. The molecule has 4 rings (SSSR count). The maximum absolute atomic E-state index is 10.0. The predicted octanol–water partition coefficient (Wildman–Crippen LogP) is 0.0495. The summed E-state index contributed by atoms with van der Waals surface area (Å²) in [5, 5.41) is 10.0. The SMILES string of the molecule is O[C@@H]1C[NH+]2CC[C@@H]1[C@H](c1ccccc1)C2. The molecule has 1 aromatic carbocycles. The molecule has 3 aliphatic heterocycles. The zero-order chi connectivity index (χ0) is 10.3. The number of hydrogen-bond acceptors (Lipinski definition) is 1. The molecule has 4 atom stereocenters. The van der Waals surface area contributed by atoms with Gasteiger partial charge in [0.2, 0.25) is 0 Å². The van der Waals surface area contributed by atoms with Crippen molar-refractivity contribution < 1.29 is 10.0 Å². The van der Waals surface area contributed by atoms with Crippen LogP contribution in [0.25, 0.3) is 0 Å². The van der Waals surface area contributed by atoms with Crippen molar-refractivity contribution in [1.82, 2.24) is 0 Å². The maximum atomic E-state index is 10.0. The summed E-state index contributed by atoms with van der Waals surface area (Å²) in [6, 6.07) is 10.7. The van der Waals surface area contributed by atoms with Crippen molar-refractivity contribution in [2.45, 2.75) is 18.4 Å². The molecule has 2 bridgehead atoms. The Balaban J connectivity index is 1.88. The molecule has 3 aliphatic rings. The minimum Gasteiger partial charge on any atom is -0.387 e. The zero-order valence-corrected chi connectivity index (χ0v) is 8.89. The summed E-state index contributed by atoms with van der Waals surface area (Å²) in [5.74, 6) is 1.09. The molecule has 0 aromatic heterocycles. The van der Waals surface area contributed by atoms with E-state index in [1.54, 1.807) is 4.90 Å². The highest BCUT2D eigenvalue weighted by molar-refractivity contribution is 5.21. The summed E-state index contributed by atoms with van der Waals surface area (Å²) in [6.45, 7) is 3.44. The fourth-order valence-electron chi connectivity index (χ4n) is 3.29. The molecule has 0 amide bonds. The van der Waals surface area contributed by atoms with Crippen molar-refractivity contribution in [3.63, 3.8) is 0 Å². The van der Waals surface area contributed by atoms with Gasteiger partial charge in [-0.2, -0.15) is 0 Å². The fourth-order valence-corrected chi connectivity index (χ4v) is 3.29. The van der Waals surface area contributed by atoms with E-state index in [1.807, 2.05) is 0 Å². The molecule has 1 aromatic rings. The molecule has 80 valence electrons. The van der Waals surface area contributed by atoms with E-state index >= 15 is 0 Å². The van der Waals surface area contributed by atoms with Crippen LogP contribution in [-0.4, -0.2) is 30.8 Å². The Hall–Kier alpha value is -0.860. The van der Waals surface area contributed by atoms with E-state index in [0.29, 0.717) is 11.8 Å². The summed E-state index contributed by atoms with van der Waals surface area (Å²) in [6.07, 6.45) is 1.11. The Bertz CT molecular complexity index is 338. The van der Waals surface area contributed by atoms with E-state index in [9.17, 15) is 5.11 Å². The molecule has 1 unspecified atom stereocenters. The number of nitrogens with one attached hydrogen (secondary N) is 1. The van der Waals surface area contributed by atoms with Crippen LogP contribution < -0.4 is 4.90 Å². The van der Waals surface area contributed by atoms with Gasteiger partial charge in [-0.1, -0.05) is 30.3 Å². The Labute approximate surface area is 90.5 Å². The van der Waals surface area contributed by atoms with E-state index in [4.69, 9.17) is 0 Å². The van der Waals surface area contributed by atoms with Crippen molar-refractivity contribution in [3.05, 3.63) is 35.9 Å². The second-order valence-electron chi connectivity index (χ2n) is 4.95. The highest BCUT2D eigenvalue weighted by Gasteiger charge is 2.43. The average Bonchev–Trinajstić information content (AvgIpc) is 2.30. The monoisotopic (exact) mass is 204 g/mol. The summed E-state index contributed by atoms with van der Waals surface area (Å²) in [4.78, 5) is 1.58. The van der Waals surface area contributed by atoms with Gasteiger partial charge in [0.15, 0.2) is 0 Å². The van der Waals surface area contributed by atoms with Crippen molar-refractivity contribution >= 4 is 0 Å². The summed E-state index contributed by atoms with van der Waals surface area (Å²) >= 11 is 0. The van der Waals surface area contributed by atoms with Crippen molar-refractivity contribution in [2.75, 3.05) is 19.6 Å². The van der Waals surface area contributed by atoms with Crippen LogP contribution in [0.15, 0.2) is 30.3 Å². The van der Waals surface area contributed by atoms with Crippen LogP contribution in [0.4, 0.5) is 0 Å². The molecule has 3 saturated heterocycles. The molecule has 2 heteroatoms. The number of rotatable bonds is 1. The van der Waals surface area contributed by atoms with Crippen LogP contribution in [0.1, 0.15) is 17.9 Å². The summed E-state index contributed by atoms with van der Waals surface area (Å²) in [5.41, 5.74) is 1.42. The number of hydrogen-bond donors (Lipinski definition) is 2. The highest BCUT2D eigenvalue weighted by atomic mass is 16.3. The van der Waals surface area contributed by atoms with Gasteiger partial charge in [0.1, 0.15) is 12.6 Å². The molecule has 3 heterocycles. The minimum atomic E-state index is -0.0762. The van der Waals surface area contributed by atoms with Gasteiger partial charge in [0.05, 0.1) is 13.1 Å². The zero-order valence-electron chi connectivity index (χ0n) is 8.89. The molecule has 0 radical (unpaired) electrons. The molecule has 3 fully saturated rings. The van der Waals surface area contributed by atoms with Gasteiger partial charge in [-0.3, -0.25) is 0 Å². The molecule has 0 spiro atoms. The molecule has 0 aliphatic carbocycles. The highest BCUT2D eigenvalue weighted by Crippen LogP contribution is 2.32. The topological polar surface area (TPSA) is 24.7 Å². The van der Waals surface area contributed by atoms with Crippen molar-refractivity contribution in [3.8, 4) is 0 Å². The number of aliphatic hydroxyl groups excluding tert-OH is 1. The van der Waals surface area contributed by atoms with Gasteiger partial charge in [0.25, 0.3) is 0 Å². The number of benzene rings is 1. The fraction of sp³-hybridized carbons (Fsp3) is 0.538. The third-order valence-electron chi connectivity index (χ3n) is 4.08. The van der Waals surface area contributed by atoms with E-state index in [2.05, 4.69) is 30.3 Å².